The van der Waals surface area contributed by atoms with Gasteiger partial charge in [0.05, 0.1) is 11.0 Å². The van der Waals surface area contributed by atoms with Gasteiger partial charge in [-0.25, -0.2) is 9.97 Å². The molecule has 94 valence electrons. The van der Waals surface area contributed by atoms with Gasteiger partial charge < -0.3 is 5.11 Å². The van der Waals surface area contributed by atoms with E-state index in [1.807, 2.05) is 40.9 Å². The number of aliphatic hydroxyl groups is 1. The minimum atomic E-state index is 0.173. The summed E-state index contributed by atoms with van der Waals surface area (Å²) in [6, 6.07) is 9.82. The van der Waals surface area contributed by atoms with Gasteiger partial charge in [0, 0.05) is 19.2 Å². The second-order valence-corrected chi connectivity index (χ2v) is 4.21. The number of aliphatic hydroxyl groups excluding tert-OH is 1. The molecule has 0 saturated heterocycles. The molecule has 0 saturated carbocycles. The molecular weight excluding hydrogens is 238 g/mol. The molecule has 0 fully saturated rings. The standard InChI is InChI=1S/C15H13N3O/c19-11-5-1-2-6-12-9-10-18-14-8-4-3-7-13(14)17-15(18)16-12/h3-4,7-10,19H,1,5,11H2. The summed E-state index contributed by atoms with van der Waals surface area (Å²) in [5.74, 6) is 6.64. The van der Waals surface area contributed by atoms with E-state index in [4.69, 9.17) is 5.11 Å². The van der Waals surface area contributed by atoms with E-state index >= 15 is 0 Å². The monoisotopic (exact) mass is 251 g/mol. The van der Waals surface area contributed by atoms with Gasteiger partial charge in [0.2, 0.25) is 5.78 Å². The lowest BCUT2D eigenvalue weighted by Gasteiger charge is -1.94. The van der Waals surface area contributed by atoms with Crippen LogP contribution in [-0.4, -0.2) is 26.1 Å². The SMILES string of the molecule is OCCCC#Cc1ccn2c(n1)nc1ccccc12. The van der Waals surface area contributed by atoms with Gasteiger partial charge in [-0.3, -0.25) is 4.40 Å². The molecule has 3 aromatic rings. The average Bonchev–Trinajstić information content (AvgIpc) is 2.81. The molecule has 1 aromatic carbocycles. The number of hydrogen-bond acceptors (Lipinski definition) is 3. The molecule has 0 atom stereocenters. The van der Waals surface area contributed by atoms with Crippen LogP contribution in [0, 0.1) is 11.8 Å². The molecule has 4 heteroatoms. The number of rotatable bonds is 2. The third-order valence-electron chi connectivity index (χ3n) is 2.86. The zero-order chi connectivity index (χ0) is 13.1. The Kier molecular flexibility index (Phi) is 3.13. The summed E-state index contributed by atoms with van der Waals surface area (Å²) < 4.78 is 1.95. The van der Waals surface area contributed by atoms with E-state index < -0.39 is 0 Å². The second-order valence-electron chi connectivity index (χ2n) is 4.21. The maximum Gasteiger partial charge on any atom is 0.236 e. The number of aromatic nitrogens is 3. The largest absolute Gasteiger partial charge is 0.396 e. The highest BCUT2D eigenvalue weighted by Gasteiger charge is 2.04. The fourth-order valence-corrected chi connectivity index (χ4v) is 1.94. The highest BCUT2D eigenvalue weighted by molar-refractivity contribution is 5.79. The van der Waals surface area contributed by atoms with Gasteiger partial charge in [0.15, 0.2) is 0 Å². The zero-order valence-corrected chi connectivity index (χ0v) is 10.4. The third-order valence-corrected chi connectivity index (χ3v) is 2.86. The first kappa shape index (κ1) is 11.7. The quantitative estimate of drug-likeness (QED) is 0.560. The lowest BCUT2D eigenvalue weighted by atomic mass is 10.3. The van der Waals surface area contributed by atoms with Crippen molar-refractivity contribution in [2.75, 3.05) is 6.61 Å². The van der Waals surface area contributed by atoms with Gasteiger partial charge in [0.25, 0.3) is 0 Å². The van der Waals surface area contributed by atoms with Crippen molar-refractivity contribution in [3.8, 4) is 11.8 Å². The predicted molar refractivity (Wildman–Crippen MR) is 73.7 cm³/mol. The van der Waals surface area contributed by atoms with E-state index in [1.54, 1.807) is 0 Å². The molecule has 0 unspecified atom stereocenters. The van der Waals surface area contributed by atoms with Crippen LogP contribution in [0.25, 0.3) is 16.8 Å². The van der Waals surface area contributed by atoms with Crippen molar-refractivity contribution < 1.29 is 5.11 Å². The van der Waals surface area contributed by atoms with Crippen LogP contribution in [0.2, 0.25) is 0 Å². The first-order valence-corrected chi connectivity index (χ1v) is 6.22. The number of unbranched alkanes of at least 4 members (excludes halogenated alkanes) is 1. The Morgan fingerprint density at radius 1 is 1.16 bits per heavy atom. The van der Waals surface area contributed by atoms with Gasteiger partial charge in [-0.2, -0.15) is 0 Å². The summed E-state index contributed by atoms with van der Waals surface area (Å²) >= 11 is 0. The number of fused-ring (bicyclic) bond motifs is 3. The lowest BCUT2D eigenvalue weighted by Crippen LogP contribution is -1.91. The molecule has 0 bridgehead atoms. The molecule has 3 rings (SSSR count). The molecule has 0 radical (unpaired) electrons. The van der Waals surface area contributed by atoms with Gasteiger partial charge in [-0.15, -0.1) is 0 Å². The van der Waals surface area contributed by atoms with Crippen LogP contribution >= 0.6 is 0 Å². The molecule has 0 aliphatic heterocycles. The summed E-state index contributed by atoms with van der Waals surface area (Å²) in [6.45, 7) is 0.173. The smallest absolute Gasteiger partial charge is 0.236 e. The molecule has 19 heavy (non-hydrogen) atoms. The number of hydrogen-bond donors (Lipinski definition) is 1. The Labute approximate surface area is 110 Å². The highest BCUT2D eigenvalue weighted by Crippen LogP contribution is 2.14. The molecule has 4 nitrogen and oxygen atoms in total. The van der Waals surface area contributed by atoms with Crippen molar-refractivity contribution in [3.05, 3.63) is 42.2 Å². The van der Waals surface area contributed by atoms with Crippen LogP contribution in [0.4, 0.5) is 0 Å². The molecule has 0 aliphatic carbocycles. The van der Waals surface area contributed by atoms with Crippen LogP contribution in [-0.2, 0) is 0 Å². The Hall–Kier alpha value is -2.38. The van der Waals surface area contributed by atoms with E-state index in [-0.39, 0.29) is 6.61 Å². The Morgan fingerprint density at radius 2 is 2.05 bits per heavy atom. The van der Waals surface area contributed by atoms with Gasteiger partial charge in [0.1, 0.15) is 5.69 Å². The Morgan fingerprint density at radius 3 is 2.95 bits per heavy atom. The fourth-order valence-electron chi connectivity index (χ4n) is 1.94. The van der Waals surface area contributed by atoms with Crippen molar-refractivity contribution in [2.45, 2.75) is 12.8 Å². The molecule has 0 amide bonds. The number of benzene rings is 1. The second kappa shape index (κ2) is 5.09. The van der Waals surface area contributed by atoms with E-state index in [1.165, 1.54) is 0 Å². The summed E-state index contributed by atoms with van der Waals surface area (Å²) in [6.07, 6.45) is 3.32. The van der Waals surface area contributed by atoms with Crippen LogP contribution < -0.4 is 0 Å². The van der Waals surface area contributed by atoms with Crippen LogP contribution in [0.5, 0.6) is 0 Å². The maximum atomic E-state index is 8.69. The van der Waals surface area contributed by atoms with Crippen LogP contribution in [0.3, 0.4) is 0 Å². The zero-order valence-electron chi connectivity index (χ0n) is 10.4. The van der Waals surface area contributed by atoms with Gasteiger partial charge in [-0.1, -0.05) is 18.1 Å². The minimum Gasteiger partial charge on any atom is -0.396 e. The Balaban J connectivity index is 2.00. The molecule has 0 spiro atoms. The predicted octanol–water partition coefficient (Wildman–Crippen LogP) is 2.01. The number of para-hydroxylation sites is 2. The Bertz CT molecular complexity index is 780. The van der Waals surface area contributed by atoms with Crippen molar-refractivity contribution in [2.24, 2.45) is 0 Å². The third kappa shape index (κ3) is 2.28. The summed E-state index contributed by atoms with van der Waals surface area (Å²) in [5.41, 5.74) is 2.69. The molecule has 1 N–H and O–H groups in total. The van der Waals surface area contributed by atoms with Crippen molar-refractivity contribution >= 4 is 16.8 Å². The molecule has 0 aliphatic rings. The average molecular weight is 251 g/mol. The highest BCUT2D eigenvalue weighted by atomic mass is 16.2. The van der Waals surface area contributed by atoms with E-state index in [2.05, 4.69) is 21.8 Å². The first-order chi connectivity index (χ1) is 9.38. The first-order valence-electron chi connectivity index (χ1n) is 6.22. The van der Waals surface area contributed by atoms with Crippen molar-refractivity contribution in [3.63, 3.8) is 0 Å². The molecule has 2 aromatic heterocycles. The molecular formula is C15H13N3O. The lowest BCUT2D eigenvalue weighted by molar-refractivity contribution is 0.290. The van der Waals surface area contributed by atoms with Crippen LogP contribution in [0.1, 0.15) is 18.5 Å². The minimum absolute atomic E-state index is 0.173. The van der Waals surface area contributed by atoms with E-state index in [9.17, 15) is 0 Å². The number of nitrogens with zero attached hydrogens (tertiary/aromatic N) is 3. The van der Waals surface area contributed by atoms with Gasteiger partial charge >= 0.3 is 0 Å². The topological polar surface area (TPSA) is 50.4 Å². The maximum absolute atomic E-state index is 8.69. The molecule has 2 heterocycles. The van der Waals surface area contributed by atoms with E-state index in [0.717, 1.165) is 11.0 Å². The van der Waals surface area contributed by atoms with Crippen molar-refractivity contribution in [1.82, 2.24) is 14.4 Å². The summed E-state index contributed by atoms with van der Waals surface area (Å²) in [4.78, 5) is 8.89. The fraction of sp³-hybridized carbons (Fsp3) is 0.200. The summed E-state index contributed by atoms with van der Waals surface area (Å²) in [7, 11) is 0. The summed E-state index contributed by atoms with van der Waals surface area (Å²) in [5, 5.41) is 8.69. The van der Waals surface area contributed by atoms with Crippen molar-refractivity contribution in [1.29, 1.82) is 0 Å². The van der Waals surface area contributed by atoms with E-state index in [0.29, 0.717) is 24.3 Å². The van der Waals surface area contributed by atoms with Crippen LogP contribution in [0.15, 0.2) is 36.5 Å². The normalized spacial score (nSPS) is 10.6. The number of imidazole rings is 1. The van der Waals surface area contributed by atoms with Gasteiger partial charge in [-0.05, 0) is 30.5 Å².